The van der Waals surface area contributed by atoms with E-state index >= 15 is 0 Å². The van der Waals surface area contributed by atoms with Gasteiger partial charge in [0.1, 0.15) is 12.7 Å². The van der Waals surface area contributed by atoms with E-state index in [1.165, 1.54) is 11.1 Å². The number of aromatic nitrogens is 2. The quantitative estimate of drug-likeness (QED) is 0.366. The van der Waals surface area contributed by atoms with Gasteiger partial charge < -0.3 is 19.9 Å². The van der Waals surface area contributed by atoms with Crippen LogP contribution in [0.1, 0.15) is 16.7 Å². The molecule has 1 aromatic heterocycles. The second-order valence-corrected chi connectivity index (χ2v) is 7.67. The number of methoxy groups -OCH3 is 1. The van der Waals surface area contributed by atoms with Crippen molar-refractivity contribution in [1.82, 2.24) is 20.4 Å². The Hall–Kier alpha value is -2.87. The number of nitrogens with zero attached hydrogens (tertiary/aromatic N) is 2. The number of benzene rings is 2. The van der Waals surface area contributed by atoms with E-state index in [4.69, 9.17) is 9.47 Å². The van der Waals surface area contributed by atoms with E-state index in [0.29, 0.717) is 18.0 Å². The normalized spacial score (nSPS) is 12.1. The van der Waals surface area contributed by atoms with Gasteiger partial charge in [0.05, 0.1) is 13.3 Å². The zero-order chi connectivity index (χ0) is 21.9. The standard InChI is InChI=1S/C24H32N4O3/c1-28(16-19-6-4-3-5-7-19)17-22(29)18-31-24-12-20(8-9-23(24)30-2)13-25-11-10-21-14-26-27-15-21/h3-9,12,14-15,22,25,29H,10-11,13,16-18H2,1-2H3,(H,26,27)/t22-/m0/s1. The Bertz CT molecular complexity index is 887. The summed E-state index contributed by atoms with van der Waals surface area (Å²) in [7, 11) is 3.61. The molecular formula is C24H32N4O3. The van der Waals surface area contributed by atoms with Gasteiger partial charge >= 0.3 is 0 Å². The SMILES string of the molecule is COc1ccc(CNCCc2cn[nH]c2)cc1OC[C@@H](O)CN(C)Cc1ccccc1. The lowest BCUT2D eigenvalue weighted by Crippen LogP contribution is -2.32. The molecule has 7 heteroatoms. The lowest BCUT2D eigenvalue weighted by Gasteiger charge is -2.21. The minimum absolute atomic E-state index is 0.201. The van der Waals surface area contributed by atoms with E-state index in [0.717, 1.165) is 31.6 Å². The van der Waals surface area contributed by atoms with Crippen molar-refractivity contribution in [3.05, 3.63) is 77.6 Å². The van der Waals surface area contributed by atoms with E-state index in [1.807, 2.05) is 55.8 Å². The largest absolute Gasteiger partial charge is 0.493 e. The molecule has 1 heterocycles. The van der Waals surface area contributed by atoms with Crippen LogP contribution in [-0.2, 0) is 19.5 Å². The van der Waals surface area contributed by atoms with Crippen LogP contribution in [0, 0.1) is 0 Å². The summed E-state index contributed by atoms with van der Waals surface area (Å²) in [6, 6.07) is 16.1. The molecule has 0 radical (unpaired) electrons. The van der Waals surface area contributed by atoms with Crippen molar-refractivity contribution < 1.29 is 14.6 Å². The van der Waals surface area contributed by atoms with Gasteiger partial charge in [-0.25, -0.2) is 0 Å². The molecule has 3 aromatic rings. The summed E-state index contributed by atoms with van der Waals surface area (Å²) < 4.78 is 11.3. The number of aliphatic hydroxyl groups excluding tert-OH is 1. The van der Waals surface area contributed by atoms with Crippen molar-refractivity contribution in [2.45, 2.75) is 25.6 Å². The van der Waals surface area contributed by atoms with Crippen LogP contribution in [0.2, 0.25) is 0 Å². The van der Waals surface area contributed by atoms with Crippen molar-refractivity contribution in [2.75, 3.05) is 33.9 Å². The molecule has 3 rings (SSSR count). The molecule has 3 N–H and O–H groups in total. The molecule has 2 aromatic carbocycles. The lowest BCUT2D eigenvalue weighted by atomic mass is 10.2. The molecule has 0 aliphatic heterocycles. The fourth-order valence-corrected chi connectivity index (χ4v) is 3.38. The molecule has 0 aliphatic rings. The Kier molecular flexibility index (Phi) is 8.90. The molecule has 166 valence electrons. The second kappa shape index (κ2) is 12.1. The van der Waals surface area contributed by atoms with E-state index in [9.17, 15) is 5.11 Å². The van der Waals surface area contributed by atoms with Gasteiger partial charge in [0, 0.05) is 25.8 Å². The maximum Gasteiger partial charge on any atom is 0.161 e. The van der Waals surface area contributed by atoms with Gasteiger partial charge in [0.25, 0.3) is 0 Å². The summed E-state index contributed by atoms with van der Waals surface area (Å²) in [5, 5.41) is 20.6. The highest BCUT2D eigenvalue weighted by Crippen LogP contribution is 2.28. The maximum absolute atomic E-state index is 10.4. The molecule has 7 nitrogen and oxygen atoms in total. The molecular weight excluding hydrogens is 392 g/mol. The van der Waals surface area contributed by atoms with Gasteiger partial charge in [-0.3, -0.25) is 10.00 Å². The number of aromatic amines is 1. The smallest absolute Gasteiger partial charge is 0.161 e. The monoisotopic (exact) mass is 424 g/mol. The van der Waals surface area contributed by atoms with Crippen LogP contribution in [0.4, 0.5) is 0 Å². The first-order valence-corrected chi connectivity index (χ1v) is 10.5. The van der Waals surface area contributed by atoms with Gasteiger partial charge in [-0.1, -0.05) is 36.4 Å². The number of aliphatic hydroxyl groups is 1. The summed E-state index contributed by atoms with van der Waals surface area (Å²) in [6.07, 6.45) is 4.06. The Morgan fingerprint density at radius 1 is 1.10 bits per heavy atom. The average Bonchev–Trinajstić information content (AvgIpc) is 3.29. The summed E-state index contributed by atoms with van der Waals surface area (Å²) in [6.45, 7) is 3.08. The number of H-pyrrole nitrogens is 1. The molecule has 0 bridgehead atoms. The van der Waals surface area contributed by atoms with Crippen LogP contribution in [0.3, 0.4) is 0 Å². The topological polar surface area (TPSA) is 82.6 Å². The average molecular weight is 425 g/mol. The van der Waals surface area contributed by atoms with Crippen molar-refractivity contribution in [1.29, 1.82) is 0 Å². The zero-order valence-electron chi connectivity index (χ0n) is 18.3. The zero-order valence-corrected chi connectivity index (χ0v) is 18.3. The van der Waals surface area contributed by atoms with Gasteiger partial charge in [-0.05, 0) is 48.8 Å². The Morgan fingerprint density at radius 3 is 2.68 bits per heavy atom. The molecule has 0 aliphatic carbocycles. The van der Waals surface area contributed by atoms with Crippen LogP contribution >= 0.6 is 0 Å². The fourth-order valence-electron chi connectivity index (χ4n) is 3.38. The third-order valence-corrected chi connectivity index (χ3v) is 4.95. The molecule has 0 saturated carbocycles. The first-order valence-electron chi connectivity index (χ1n) is 10.5. The van der Waals surface area contributed by atoms with Crippen molar-refractivity contribution >= 4 is 0 Å². The number of hydrogen-bond acceptors (Lipinski definition) is 6. The first kappa shape index (κ1) is 22.8. The van der Waals surface area contributed by atoms with E-state index in [-0.39, 0.29) is 6.61 Å². The minimum atomic E-state index is -0.602. The second-order valence-electron chi connectivity index (χ2n) is 7.67. The highest BCUT2D eigenvalue weighted by Gasteiger charge is 2.12. The van der Waals surface area contributed by atoms with Crippen molar-refractivity contribution in [2.24, 2.45) is 0 Å². The molecule has 0 spiro atoms. The molecule has 0 amide bonds. The molecule has 1 atom stereocenters. The third-order valence-electron chi connectivity index (χ3n) is 4.95. The number of nitrogens with one attached hydrogen (secondary N) is 2. The van der Waals surface area contributed by atoms with Crippen molar-refractivity contribution in [3.8, 4) is 11.5 Å². The molecule has 31 heavy (non-hydrogen) atoms. The van der Waals surface area contributed by atoms with Crippen LogP contribution in [-0.4, -0.2) is 60.2 Å². The summed E-state index contributed by atoms with van der Waals surface area (Å²) >= 11 is 0. The lowest BCUT2D eigenvalue weighted by molar-refractivity contribution is 0.0732. The molecule has 0 fully saturated rings. The fraction of sp³-hybridized carbons (Fsp3) is 0.375. The Balaban J connectivity index is 1.45. The van der Waals surface area contributed by atoms with Crippen LogP contribution in [0.25, 0.3) is 0 Å². The highest BCUT2D eigenvalue weighted by molar-refractivity contribution is 5.43. The van der Waals surface area contributed by atoms with Crippen molar-refractivity contribution in [3.63, 3.8) is 0 Å². The maximum atomic E-state index is 10.4. The summed E-state index contributed by atoms with van der Waals surface area (Å²) in [5.74, 6) is 1.30. The van der Waals surface area contributed by atoms with Crippen LogP contribution in [0.5, 0.6) is 11.5 Å². The van der Waals surface area contributed by atoms with Gasteiger partial charge in [0.15, 0.2) is 11.5 Å². The number of likely N-dealkylation sites (N-methyl/N-ethyl adjacent to an activating group) is 1. The number of rotatable bonds is 13. The minimum Gasteiger partial charge on any atom is -0.493 e. The highest BCUT2D eigenvalue weighted by atomic mass is 16.5. The van der Waals surface area contributed by atoms with E-state index in [1.54, 1.807) is 7.11 Å². The number of hydrogen-bond donors (Lipinski definition) is 3. The van der Waals surface area contributed by atoms with Crippen LogP contribution in [0.15, 0.2) is 60.9 Å². The van der Waals surface area contributed by atoms with Crippen LogP contribution < -0.4 is 14.8 Å². The van der Waals surface area contributed by atoms with Gasteiger partial charge in [-0.2, -0.15) is 5.10 Å². The summed E-state index contributed by atoms with van der Waals surface area (Å²) in [4.78, 5) is 2.08. The predicted octanol–water partition coefficient (Wildman–Crippen LogP) is 2.62. The van der Waals surface area contributed by atoms with E-state index < -0.39 is 6.10 Å². The van der Waals surface area contributed by atoms with E-state index in [2.05, 4.69) is 32.5 Å². The van der Waals surface area contributed by atoms with Gasteiger partial charge in [-0.15, -0.1) is 0 Å². The first-order chi connectivity index (χ1) is 15.1. The Morgan fingerprint density at radius 2 is 1.94 bits per heavy atom. The predicted molar refractivity (Wildman–Crippen MR) is 121 cm³/mol. The molecule has 0 saturated heterocycles. The van der Waals surface area contributed by atoms with Gasteiger partial charge in [0.2, 0.25) is 0 Å². The Labute approximate surface area is 184 Å². The molecule has 0 unspecified atom stereocenters. The summed E-state index contributed by atoms with van der Waals surface area (Å²) in [5.41, 5.74) is 3.49. The third kappa shape index (κ3) is 7.71. The number of ether oxygens (including phenoxy) is 2.